The van der Waals surface area contributed by atoms with E-state index in [-0.39, 0.29) is 18.7 Å². The van der Waals surface area contributed by atoms with Crippen molar-refractivity contribution in [3.05, 3.63) is 23.9 Å². The smallest absolute Gasteiger partial charge is 0.410 e. The highest BCUT2D eigenvalue weighted by Gasteiger charge is 2.48. The third-order valence-electron chi connectivity index (χ3n) is 6.51. The number of halogens is 5. The number of carbonyl (C=O) groups is 3. The maximum absolute atomic E-state index is 13.7. The molecule has 212 valence electrons. The Morgan fingerprint density at radius 1 is 1.21 bits per heavy atom. The number of carbonyl (C=O) groups excluding carboxylic acids is 3. The normalized spacial score (nSPS) is 21.9. The third kappa shape index (κ3) is 7.67. The van der Waals surface area contributed by atoms with Crippen LogP contribution in [0.4, 0.5) is 37.4 Å². The molecule has 3 rings (SSSR count). The van der Waals surface area contributed by atoms with Gasteiger partial charge < -0.3 is 25.6 Å². The number of amides is 4. The fourth-order valence-electron chi connectivity index (χ4n) is 4.46. The molecule has 3 atom stereocenters. The first-order valence-corrected chi connectivity index (χ1v) is 12.2. The summed E-state index contributed by atoms with van der Waals surface area (Å²) in [6, 6.07) is -1.96. The second-order valence-corrected chi connectivity index (χ2v) is 10.7. The second-order valence-electron chi connectivity index (χ2n) is 10.7. The van der Waals surface area contributed by atoms with E-state index in [0.29, 0.717) is 5.56 Å². The van der Waals surface area contributed by atoms with Gasteiger partial charge in [0.2, 0.25) is 11.8 Å². The Labute approximate surface area is 216 Å². The number of ether oxygens (including phenoxy) is 1. The van der Waals surface area contributed by atoms with Gasteiger partial charge in [-0.2, -0.15) is 13.2 Å². The zero-order valence-electron chi connectivity index (χ0n) is 21.5. The lowest BCUT2D eigenvalue weighted by Crippen LogP contribution is -2.51. The molecule has 3 N–H and O–H groups in total. The Balaban J connectivity index is 1.75. The van der Waals surface area contributed by atoms with Crippen molar-refractivity contribution in [2.24, 2.45) is 5.92 Å². The molecular weight excluding hydrogens is 517 g/mol. The highest BCUT2D eigenvalue weighted by atomic mass is 19.4. The van der Waals surface area contributed by atoms with Gasteiger partial charge in [-0.3, -0.25) is 4.79 Å². The number of pyridine rings is 1. The van der Waals surface area contributed by atoms with E-state index >= 15 is 0 Å². The van der Waals surface area contributed by atoms with Crippen LogP contribution in [0.25, 0.3) is 0 Å². The van der Waals surface area contributed by atoms with E-state index in [1.54, 1.807) is 20.8 Å². The van der Waals surface area contributed by atoms with Crippen LogP contribution in [0.3, 0.4) is 0 Å². The van der Waals surface area contributed by atoms with Crippen molar-refractivity contribution < 1.29 is 41.1 Å². The van der Waals surface area contributed by atoms with Crippen LogP contribution in [-0.2, 0) is 9.53 Å². The monoisotopic (exact) mass is 549 g/mol. The minimum Gasteiger partial charge on any atom is -0.444 e. The van der Waals surface area contributed by atoms with Crippen LogP contribution in [0.2, 0.25) is 0 Å². The Morgan fingerprint density at radius 3 is 2.39 bits per heavy atom. The third-order valence-corrected chi connectivity index (χ3v) is 6.51. The molecule has 14 heteroatoms. The maximum Gasteiger partial charge on any atom is 0.410 e. The number of urea groups is 1. The first-order chi connectivity index (χ1) is 17.4. The molecule has 1 aromatic heterocycles. The summed E-state index contributed by atoms with van der Waals surface area (Å²) >= 11 is 0. The molecule has 0 radical (unpaired) electrons. The van der Waals surface area contributed by atoms with Gasteiger partial charge in [-0.1, -0.05) is 0 Å². The van der Waals surface area contributed by atoms with Crippen LogP contribution >= 0.6 is 0 Å². The SMILES string of the molecule is CC(c1ccnc(NC(=O)[C@@H](NC(=O)OC(C)(C)C)C2CCC(F)(F)CC2)c1)N1C[C@@H](C(F)(F)F)NC1=O. The zero-order valence-corrected chi connectivity index (χ0v) is 21.5. The number of rotatable bonds is 6. The quantitative estimate of drug-likeness (QED) is 0.443. The van der Waals surface area contributed by atoms with E-state index in [1.807, 2.05) is 5.32 Å². The second kappa shape index (κ2) is 10.9. The molecule has 2 heterocycles. The molecule has 4 amide bonds. The number of hydrogen-bond donors (Lipinski definition) is 3. The minimum absolute atomic E-state index is 0.00414. The van der Waals surface area contributed by atoms with Gasteiger partial charge in [0.25, 0.3) is 0 Å². The summed E-state index contributed by atoms with van der Waals surface area (Å²) < 4.78 is 71.8. The van der Waals surface area contributed by atoms with Crippen LogP contribution in [0.1, 0.15) is 65.0 Å². The molecule has 1 saturated heterocycles. The Bertz CT molecular complexity index is 1040. The van der Waals surface area contributed by atoms with E-state index < -0.39 is 79.2 Å². The lowest BCUT2D eigenvalue weighted by Gasteiger charge is -2.33. The molecule has 1 aliphatic carbocycles. The summed E-state index contributed by atoms with van der Waals surface area (Å²) in [6.07, 6.45) is -5.04. The van der Waals surface area contributed by atoms with Gasteiger partial charge in [-0.25, -0.2) is 23.4 Å². The predicted molar refractivity (Wildman–Crippen MR) is 126 cm³/mol. The van der Waals surface area contributed by atoms with Crippen LogP contribution in [0.5, 0.6) is 0 Å². The van der Waals surface area contributed by atoms with Gasteiger partial charge in [0.15, 0.2) is 0 Å². The molecule has 1 unspecified atom stereocenters. The van der Waals surface area contributed by atoms with Gasteiger partial charge in [0.1, 0.15) is 23.5 Å². The van der Waals surface area contributed by atoms with Crippen LogP contribution < -0.4 is 16.0 Å². The molecule has 0 spiro atoms. The van der Waals surface area contributed by atoms with E-state index in [1.165, 1.54) is 25.3 Å². The largest absolute Gasteiger partial charge is 0.444 e. The molecule has 2 aliphatic rings. The summed E-state index contributed by atoms with van der Waals surface area (Å²) in [6.45, 7) is 5.86. The predicted octanol–water partition coefficient (Wildman–Crippen LogP) is 4.76. The van der Waals surface area contributed by atoms with Gasteiger partial charge in [-0.05, 0) is 64.2 Å². The maximum atomic E-state index is 13.7. The van der Waals surface area contributed by atoms with Crippen molar-refractivity contribution in [3.63, 3.8) is 0 Å². The highest BCUT2D eigenvalue weighted by Crippen LogP contribution is 2.38. The average molecular weight is 550 g/mol. The van der Waals surface area contributed by atoms with Gasteiger partial charge in [-0.15, -0.1) is 0 Å². The molecule has 0 bridgehead atoms. The van der Waals surface area contributed by atoms with Crippen molar-refractivity contribution >= 4 is 23.8 Å². The molecule has 1 aromatic rings. The molecule has 1 saturated carbocycles. The number of anilines is 1. The van der Waals surface area contributed by atoms with E-state index in [0.717, 1.165) is 4.90 Å². The number of nitrogens with one attached hydrogen (secondary N) is 3. The van der Waals surface area contributed by atoms with Crippen molar-refractivity contribution in [2.45, 2.75) is 89.2 Å². The number of aromatic nitrogens is 1. The molecule has 38 heavy (non-hydrogen) atoms. The fraction of sp³-hybridized carbons (Fsp3) is 0.667. The lowest BCUT2D eigenvalue weighted by molar-refractivity contribution is -0.150. The number of alkyl carbamates (subject to hydrolysis) is 1. The lowest BCUT2D eigenvalue weighted by atomic mass is 9.81. The van der Waals surface area contributed by atoms with Crippen LogP contribution in [-0.4, -0.2) is 64.2 Å². The van der Waals surface area contributed by atoms with Gasteiger partial charge >= 0.3 is 18.3 Å². The first-order valence-electron chi connectivity index (χ1n) is 12.2. The number of nitrogens with zero attached hydrogens (tertiary/aromatic N) is 2. The first kappa shape index (κ1) is 29.4. The summed E-state index contributed by atoms with van der Waals surface area (Å²) in [5.41, 5.74) is -0.453. The minimum atomic E-state index is -4.60. The number of alkyl halides is 5. The Kier molecular flexibility index (Phi) is 8.42. The van der Waals surface area contributed by atoms with Crippen molar-refractivity contribution in [1.82, 2.24) is 20.5 Å². The van der Waals surface area contributed by atoms with Gasteiger partial charge in [0.05, 0.1) is 12.6 Å². The fourth-order valence-corrected chi connectivity index (χ4v) is 4.46. The van der Waals surface area contributed by atoms with E-state index in [4.69, 9.17) is 4.74 Å². The Hall–Kier alpha value is -3.19. The summed E-state index contributed by atoms with van der Waals surface area (Å²) in [7, 11) is 0. The molecule has 0 aromatic carbocycles. The van der Waals surface area contributed by atoms with Crippen molar-refractivity contribution in [2.75, 3.05) is 11.9 Å². The van der Waals surface area contributed by atoms with Crippen molar-refractivity contribution in [1.29, 1.82) is 0 Å². The molecule has 9 nitrogen and oxygen atoms in total. The highest BCUT2D eigenvalue weighted by molar-refractivity contribution is 5.96. The molecular formula is C24H32F5N5O4. The van der Waals surface area contributed by atoms with E-state index in [9.17, 15) is 36.3 Å². The standard InChI is InChI=1S/C24H32F5N5O4/c1-13(34-12-16(24(27,28)29)31-20(34)36)15-7-10-30-17(11-15)32-19(35)18(33-21(37)38-22(2,3)4)14-5-8-23(25,26)9-6-14/h7,10-11,13-14,16,18H,5-6,8-9,12H2,1-4H3,(H,31,36)(H,33,37)(H,30,32,35)/t13?,16-,18-/m0/s1. The zero-order chi connectivity index (χ0) is 28.5. The average Bonchev–Trinajstić information content (AvgIpc) is 3.18. The summed E-state index contributed by atoms with van der Waals surface area (Å²) in [5.74, 6) is -4.12. The van der Waals surface area contributed by atoms with Crippen LogP contribution in [0, 0.1) is 5.92 Å². The molecule has 1 aliphatic heterocycles. The summed E-state index contributed by atoms with van der Waals surface area (Å²) in [4.78, 5) is 42.8. The number of hydrogen-bond acceptors (Lipinski definition) is 5. The Morgan fingerprint density at radius 2 is 1.84 bits per heavy atom. The summed E-state index contributed by atoms with van der Waals surface area (Å²) in [5, 5.41) is 6.94. The van der Waals surface area contributed by atoms with E-state index in [2.05, 4.69) is 15.6 Å². The molecule has 2 fully saturated rings. The van der Waals surface area contributed by atoms with Crippen LogP contribution in [0.15, 0.2) is 18.3 Å². The van der Waals surface area contributed by atoms with Gasteiger partial charge in [0, 0.05) is 19.0 Å². The topological polar surface area (TPSA) is 113 Å². The van der Waals surface area contributed by atoms with Crippen molar-refractivity contribution in [3.8, 4) is 0 Å².